The zero-order valence-corrected chi connectivity index (χ0v) is 11.6. The van der Waals surface area contributed by atoms with Crippen molar-refractivity contribution in [3.63, 3.8) is 0 Å². The summed E-state index contributed by atoms with van der Waals surface area (Å²) in [4.78, 5) is 13.6. The first-order valence-corrected chi connectivity index (χ1v) is 6.08. The first-order chi connectivity index (χ1) is 8.76. The van der Waals surface area contributed by atoms with E-state index in [2.05, 4.69) is 0 Å². The lowest BCUT2D eigenvalue weighted by Crippen LogP contribution is -2.37. The second-order valence-corrected chi connectivity index (χ2v) is 3.77. The number of hydrogen-bond acceptors (Lipinski definition) is 5. The Hall–Kier alpha value is -0.690. The van der Waals surface area contributed by atoms with Crippen LogP contribution in [0.25, 0.3) is 0 Å². The summed E-state index contributed by atoms with van der Waals surface area (Å²) in [5, 5.41) is 0. The molecule has 0 aliphatic rings. The molecule has 0 atom stereocenters. The predicted molar refractivity (Wildman–Crippen MR) is 67.6 cm³/mol. The van der Waals surface area contributed by atoms with E-state index in [1.165, 1.54) is 0 Å². The lowest BCUT2D eigenvalue weighted by atomic mass is 10.3. The van der Waals surface area contributed by atoms with Crippen molar-refractivity contribution in [2.45, 2.75) is 6.42 Å². The van der Waals surface area contributed by atoms with Crippen LogP contribution >= 0.6 is 0 Å². The summed E-state index contributed by atoms with van der Waals surface area (Å²) in [6, 6.07) is 0. The number of rotatable bonds is 12. The highest BCUT2D eigenvalue weighted by Gasteiger charge is 2.12. The minimum Gasteiger partial charge on any atom is -0.385 e. The Balaban J connectivity index is 3.89. The van der Waals surface area contributed by atoms with Crippen LogP contribution in [-0.2, 0) is 23.7 Å². The van der Waals surface area contributed by atoms with Crippen LogP contribution in [0.2, 0.25) is 0 Å². The first kappa shape index (κ1) is 17.3. The molecule has 0 fully saturated rings. The topological polar surface area (TPSA) is 57.2 Å². The van der Waals surface area contributed by atoms with Gasteiger partial charge in [0, 0.05) is 41.0 Å². The van der Waals surface area contributed by atoms with Gasteiger partial charge in [-0.2, -0.15) is 0 Å². The van der Waals surface area contributed by atoms with Gasteiger partial charge in [0.15, 0.2) is 0 Å². The molecule has 108 valence electrons. The highest BCUT2D eigenvalue weighted by molar-refractivity contribution is 5.77. The first-order valence-electron chi connectivity index (χ1n) is 6.08. The summed E-state index contributed by atoms with van der Waals surface area (Å²) in [7, 11) is 4.86. The van der Waals surface area contributed by atoms with Crippen LogP contribution in [0.3, 0.4) is 0 Å². The van der Waals surface area contributed by atoms with Crippen LogP contribution in [0.4, 0.5) is 0 Å². The Morgan fingerprint density at radius 1 is 0.889 bits per heavy atom. The zero-order chi connectivity index (χ0) is 13.6. The van der Waals surface area contributed by atoms with E-state index in [1.54, 1.807) is 26.2 Å². The number of nitrogens with zero attached hydrogens (tertiary/aromatic N) is 1. The van der Waals surface area contributed by atoms with Gasteiger partial charge in [0.25, 0.3) is 0 Å². The van der Waals surface area contributed by atoms with Gasteiger partial charge in [-0.05, 0) is 6.42 Å². The second kappa shape index (κ2) is 12.8. The average molecular weight is 263 g/mol. The van der Waals surface area contributed by atoms with Crippen LogP contribution in [0.15, 0.2) is 0 Å². The molecule has 0 heterocycles. The molecule has 0 bridgehead atoms. The molecule has 0 unspecified atom stereocenters. The Morgan fingerprint density at radius 2 is 1.56 bits per heavy atom. The van der Waals surface area contributed by atoms with Crippen molar-refractivity contribution in [1.82, 2.24) is 4.90 Å². The van der Waals surface area contributed by atoms with Crippen LogP contribution in [0.5, 0.6) is 0 Å². The molecule has 6 heteroatoms. The number of amides is 1. The SMILES string of the molecule is COCCCN(CCOC)C(=O)COCCOC. The molecular weight excluding hydrogens is 238 g/mol. The van der Waals surface area contributed by atoms with E-state index in [0.29, 0.717) is 39.5 Å². The van der Waals surface area contributed by atoms with Crippen LogP contribution < -0.4 is 0 Å². The van der Waals surface area contributed by atoms with E-state index in [9.17, 15) is 4.79 Å². The molecule has 1 amide bonds. The molecule has 0 aliphatic carbocycles. The molecule has 0 aromatic rings. The fourth-order valence-electron chi connectivity index (χ4n) is 1.36. The van der Waals surface area contributed by atoms with Crippen molar-refractivity contribution in [2.24, 2.45) is 0 Å². The Bertz CT molecular complexity index is 201. The maximum absolute atomic E-state index is 11.9. The van der Waals surface area contributed by atoms with Crippen molar-refractivity contribution in [2.75, 3.05) is 67.5 Å². The Morgan fingerprint density at radius 3 is 2.17 bits per heavy atom. The molecule has 0 spiro atoms. The molecule has 0 rings (SSSR count). The molecule has 0 aromatic heterocycles. The van der Waals surface area contributed by atoms with E-state index in [-0.39, 0.29) is 12.5 Å². The van der Waals surface area contributed by atoms with E-state index in [1.807, 2.05) is 0 Å². The summed E-state index contributed by atoms with van der Waals surface area (Å²) in [5.74, 6) is -0.0285. The monoisotopic (exact) mass is 263 g/mol. The van der Waals surface area contributed by atoms with E-state index in [0.717, 1.165) is 6.42 Å². The van der Waals surface area contributed by atoms with Crippen LogP contribution in [0.1, 0.15) is 6.42 Å². The van der Waals surface area contributed by atoms with Crippen molar-refractivity contribution in [3.8, 4) is 0 Å². The second-order valence-electron chi connectivity index (χ2n) is 3.77. The van der Waals surface area contributed by atoms with Gasteiger partial charge in [-0.1, -0.05) is 0 Å². The number of methoxy groups -OCH3 is 3. The van der Waals surface area contributed by atoms with Crippen molar-refractivity contribution >= 4 is 5.91 Å². The van der Waals surface area contributed by atoms with Gasteiger partial charge in [-0.15, -0.1) is 0 Å². The maximum atomic E-state index is 11.9. The number of ether oxygens (including phenoxy) is 4. The minimum absolute atomic E-state index is 0.0285. The van der Waals surface area contributed by atoms with E-state index in [4.69, 9.17) is 18.9 Å². The van der Waals surface area contributed by atoms with Gasteiger partial charge in [0.1, 0.15) is 6.61 Å². The molecule has 18 heavy (non-hydrogen) atoms. The molecular formula is C12H25NO5. The lowest BCUT2D eigenvalue weighted by molar-refractivity contribution is -0.137. The van der Waals surface area contributed by atoms with Gasteiger partial charge in [-0.3, -0.25) is 4.79 Å². The molecule has 0 N–H and O–H groups in total. The summed E-state index contributed by atoms with van der Waals surface area (Å²) >= 11 is 0. The van der Waals surface area contributed by atoms with Crippen LogP contribution in [-0.4, -0.2) is 78.3 Å². The molecule has 6 nitrogen and oxygen atoms in total. The number of carbonyl (C=O) groups is 1. The van der Waals surface area contributed by atoms with Gasteiger partial charge in [0.2, 0.25) is 5.91 Å². The fraction of sp³-hybridized carbons (Fsp3) is 0.917. The zero-order valence-electron chi connectivity index (χ0n) is 11.6. The highest BCUT2D eigenvalue weighted by Crippen LogP contribution is 1.95. The molecule has 0 radical (unpaired) electrons. The molecule has 0 saturated heterocycles. The normalized spacial score (nSPS) is 10.6. The largest absolute Gasteiger partial charge is 0.385 e. The summed E-state index contributed by atoms with van der Waals surface area (Å²) < 4.78 is 20.0. The van der Waals surface area contributed by atoms with Gasteiger partial charge in [-0.25, -0.2) is 0 Å². The molecule has 0 aliphatic heterocycles. The quantitative estimate of drug-likeness (QED) is 0.470. The molecule has 0 aromatic carbocycles. The highest BCUT2D eigenvalue weighted by atomic mass is 16.5. The third-order valence-electron chi connectivity index (χ3n) is 2.35. The van der Waals surface area contributed by atoms with Crippen molar-refractivity contribution < 1.29 is 23.7 Å². The van der Waals surface area contributed by atoms with Crippen LogP contribution in [0, 0.1) is 0 Å². The summed E-state index contributed by atoms with van der Waals surface area (Å²) in [5.41, 5.74) is 0. The third-order valence-corrected chi connectivity index (χ3v) is 2.35. The van der Waals surface area contributed by atoms with E-state index >= 15 is 0 Å². The third kappa shape index (κ3) is 9.35. The van der Waals surface area contributed by atoms with E-state index < -0.39 is 0 Å². The van der Waals surface area contributed by atoms with Gasteiger partial charge in [0.05, 0.1) is 19.8 Å². The smallest absolute Gasteiger partial charge is 0.248 e. The fourth-order valence-corrected chi connectivity index (χ4v) is 1.36. The summed E-state index contributed by atoms with van der Waals surface area (Å²) in [6.07, 6.45) is 0.810. The number of carbonyl (C=O) groups excluding carboxylic acids is 1. The van der Waals surface area contributed by atoms with Gasteiger partial charge >= 0.3 is 0 Å². The lowest BCUT2D eigenvalue weighted by Gasteiger charge is -2.22. The standard InChI is InChI=1S/C12H25NO5/c1-15-7-4-5-13(6-8-16-2)12(14)11-18-10-9-17-3/h4-11H2,1-3H3. The molecule has 0 saturated carbocycles. The average Bonchev–Trinajstić information content (AvgIpc) is 2.38. The van der Waals surface area contributed by atoms with Crippen molar-refractivity contribution in [3.05, 3.63) is 0 Å². The minimum atomic E-state index is -0.0285. The maximum Gasteiger partial charge on any atom is 0.248 e. The Kier molecular flexibility index (Phi) is 12.3. The number of hydrogen-bond donors (Lipinski definition) is 0. The van der Waals surface area contributed by atoms with Gasteiger partial charge < -0.3 is 23.8 Å². The summed E-state index contributed by atoms with van der Waals surface area (Å²) in [6.45, 7) is 3.40. The predicted octanol–water partition coefficient (Wildman–Crippen LogP) is 0.161. The van der Waals surface area contributed by atoms with Crippen molar-refractivity contribution in [1.29, 1.82) is 0 Å². The Labute approximate surface area is 109 Å².